The van der Waals surface area contributed by atoms with Gasteiger partial charge in [0.05, 0.1) is 18.4 Å². The first kappa shape index (κ1) is 15.0. The number of para-hydroxylation sites is 1. The average Bonchev–Trinajstić information content (AvgIpc) is 2.46. The summed E-state index contributed by atoms with van der Waals surface area (Å²) in [7, 11) is 1.53. The number of aryl methyl sites for hydroxylation is 1. The number of hydrogen-bond acceptors (Lipinski definition) is 3. The Hall–Kier alpha value is -2.40. The van der Waals surface area contributed by atoms with Gasteiger partial charge in [0, 0.05) is 5.56 Å². The summed E-state index contributed by atoms with van der Waals surface area (Å²) in [6, 6.07) is 12.5. The van der Waals surface area contributed by atoms with Crippen LogP contribution in [0.5, 0.6) is 5.75 Å². The summed E-state index contributed by atoms with van der Waals surface area (Å²) in [6.45, 7) is 1.90. The average molecular weight is 300 g/mol. The summed E-state index contributed by atoms with van der Waals surface area (Å²) in [5.41, 5.74) is 8.38. The number of rotatable bonds is 4. The number of methoxy groups -OCH3 is 1. The Kier molecular flexibility index (Phi) is 4.55. The van der Waals surface area contributed by atoms with E-state index in [0.29, 0.717) is 22.6 Å². The van der Waals surface area contributed by atoms with E-state index in [-0.39, 0.29) is 10.9 Å². The second-order valence-corrected chi connectivity index (χ2v) is 4.96. The van der Waals surface area contributed by atoms with Crippen molar-refractivity contribution in [1.82, 2.24) is 0 Å². The van der Waals surface area contributed by atoms with Gasteiger partial charge in [0.1, 0.15) is 10.7 Å². The first-order chi connectivity index (χ1) is 10.0. The van der Waals surface area contributed by atoms with E-state index < -0.39 is 0 Å². The molecule has 2 aromatic rings. The lowest BCUT2D eigenvalue weighted by atomic mass is 10.1. The van der Waals surface area contributed by atoms with Crippen molar-refractivity contribution in [1.29, 1.82) is 0 Å². The molecule has 0 aliphatic rings. The van der Waals surface area contributed by atoms with E-state index in [0.717, 1.165) is 5.56 Å². The molecule has 5 heteroatoms. The summed E-state index contributed by atoms with van der Waals surface area (Å²) in [6.07, 6.45) is 0. The van der Waals surface area contributed by atoms with Gasteiger partial charge < -0.3 is 15.8 Å². The summed E-state index contributed by atoms with van der Waals surface area (Å²) in [5, 5.41) is 2.84. The fraction of sp³-hybridized carbons (Fsp3) is 0.125. The third kappa shape index (κ3) is 3.20. The summed E-state index contributed by atoms with van der Waals surface area (Å²) < 4.78 is 5.19. The zero-order valence-corrected chi connectivity index (χ0v) is 12.7. The van der Waals surface area contributed by atoms with Crippen LogP contribution in [0.4, 0.5) is 5.69 Å². The highest BCUT2D eigenvalue weighted by molar-refractivity contribution is 7.80. The van der Waals surface area contributed by atoms with Gasteiger partial charge in [0.2, 0.25) is 0 Å². The number of carbonyl (C=O) groups is 1. The zero-order valence-electron chi connectivity index (χ0n) is 11.8. The van der Waals surface area contributed by atoms with Gasteiger partial charge in [-0.15, -0.1) is 0 Å². The van der Waals surface area contributed by atoms with E-state index >= 15 is 0 Å². The summed E-state index contributed by atoms with van der Waals surface area (Å²) in [4.78, 5) is 12.7. The topological polar surface area (TPSA) is 64.3 Å². The van der Waals surface area contributed by atoms with Crippen molar-refractivity contribution in [2.45, 2.75) is 6.92 Å². The smallest absolute Gasteiger partial charge is 0.259 e. The molecule has 0 atom stereocenters. The first-order valence-electron chi connectivity index (χ1n) is 6.38. The highest BCUT2D eigenvalue weighted by Gasteiger charge is 2.15. The number of hydrogen-bond donors (Lipinski definition) is 2. The molecular weight excluding hydrogens is 284 g/mol. The SMILES string of the molecule is COc1ccccc1C(=O)Nc1cccc(C)c1C(N)=S. The monoisotopic (exact) mass is 300 g/mol. The van der Waals surface area contributed by atoms with Crippen molar-refractivity contribution in [2.24, 2.45) is 5.73 Å². The Balaban J connectivity index is 2.37. The highest BCUT2D eigenvalue weighted by atomic mass is 32.1. The molecule has 2 rings (SSSR count). The maximum absolute atomic E-state index is 12.4. The van der Waals surface area contributed by atoms with Crippen molar-refractivity contribution in [3.8, 4) is 5.75 Å². The Bertz CT molecular complexity index is 698. The highest BCUT2D eigenvalue weighted by Crippen LogP contribution is 2.23. The number of thiocarbonyl (C=S) groups is 1. The fourth-order valence-corrected chi connectivity index (χ4v) is 2.39. The van der Waals surface area contributed by atoms with Gasteiger partial charge in [0.15, 0.2) is 0 Å². The molecule has 0 fully saturated rings. The number of nitrogens with one attached hydrogen (secondary N) is 1. The Labute approximate surface area is 128 Å². The third-order valence-electron chi connectivity index (χ3n) is 3.12. The van der Waals surface area contributed by atoms with Crippen LogP contribution in [0.25, 0.3) is 0 Å². The lowest BCUT2D eigenvalue weighted by Crippen LogP contribution is -2.19. The van der Waals surface area contributed by atoms with Crippen LogP contribution in [-0.4, -0.2) is 18.0 Å². The summed E-state index contributed by atoms with van der Waals surface area (Å²) >= 11 is 5.06. The molecule has 0 aromatic heterocycles. The molecule has 0 heterocycles. The molecule has 0 aliphatic carbocycles. The molecule has 2 aromatic carbocycles. The van der Waals surface area contributed by atoms with E-state index in [1.807, 2.05) is 25.1 Å². The largest absolute Gasteiger partial charge is 0.496 e. The quantitative estimate of drug-likeness (QED) is 0.852. The van der Waals surface area contributed by atoms with Crippen LogP contribution in [0.3, 0.4) is 0 Å². The molecule has 0 spiro atoms. The lowest BCUT2D eigenvalue weighted by molar-refractivity contribution is 0.102. The summed E-state index contributed by atoms with van der Waals surface area (Å²) in [5.74, 6) is 0.245. The molecule has 0 bridgehead atoms. The van der Waals surface area contributed by atoms with Crippen LogP contribution in [0.15, 0.2) is 42.5 Å². The van der Waals surface area contributed by atoms with Gasteiger partial charge in [-0.3, -0.25) is 4.79 Å². The van der Waals surface area contributed by atoms with Crippen LogP contribution in [0.1, 0.15) is 21.5 Å². The first-order valence-corrected chi connectivity index (χ1v) is 6.79. The standard InChI is InChI=1S/C16H16N2O2S/c1-10-6-5-8-12(14(10)15(17)21)18-16(19)11-7-3-4-9-13(11)20-2/h3-9H,1-2H3,(H2,17,21)(H,18,19). The normalized spacial score (nSPS) is 10.0. The maximum atomic E-state index is 12.4. The van der Waals surface area contributed by atoms with Gasteiger partial charge in [0.25, 0.3) is 5.91 Å². The minimum Gasteiger partial charge on any atom is -0.496 e. The lowest BCUT2D eigenvalue weighted by Gasteiger charge is -2.13. The van der Waals surface area contributed by atoms with E-state index in [9.17, 15) is 4.79 Å². The Morgan fingerprint density at radius 3 is 2.57 bits per heavy atom. The van der Waals surface area contributed by atoms with Crippen molar-refractivity contribution < 1.29 is 9.53 Å². The molecule has 0 radical (unpaired) electrons. The molecule has 4 nitrogen and oxygen atoms in total. The molecule has 1 amide bonds. The Morgan fingerprint density at radius 2 is 1.90 bits per heavy atom. The maximum Gasteiger partial charge on any atom is 0.259 e. The third-order valence-corrected chi connectivity index (χ3v) is 3.32. The molecule has 0 unspecified atom stereocenters. The molecule has 3 N–H and O–H groups in total. The van der Waals surface area contributed by atoms with Gasteiger partial charge in [-0.25, -0.2) is 0 Å². The van der Waals surface area contributed by atoms with Gasteiger partial charge in [-0.1, -0.05) is 36.5 Å². The van der Waals surface area contributed by atoms with Crippen LogP contribution < -0.4 is 15.8 Å². The Morgan fingerprint density at radius 1 is 1.19 bits per heavy atom. The van der Waals surface area contributed by atoms with Gasteiger partial charge in [-0.05, 0) is 30.7 Å². The van der Waals surface area contributed by atoms with E-state index in [1.165, 1.54) is 7.11 Å². The van der Waals surface area contributed by atoms with Crippen LogP contribution in [0, 0.1) is 6.92 Å². The minimum absolute atomic E-state index is 0.253. The number of benzene rings is 2. The van der Waals surface area contributed by atoms with E-state index in [4.69, 9.17) is 22.7 Å². The van der Waals surface area contributed by atoms with Crippen molar-refractivity contribution in [2.75, 3.05) is 12.4 Å². The van der Waals surface area contributed by atoms with Gasteiger partial charge in [-0.2, -0.15) is 0 Å². The van der Waals surface area contributed by atoms with Crippen molar-refractivity contribution >= 4 is 28.8 Å². The number of amides is 1. The van der Waals surface area contributed by atoms with Crippen molar-refractivity contribution in [3.05, 3.63) is 59.2 Å². The minimum atomic E-state index is -0.268. The van der Waals surface area contributed by atoms with Crippen LogP contribution in [0.2, 0.25) is 0 Å². The zero-order chi connectivity index (χ0) is 15.4. The molecule has 0 aliphatic heterocycles. The molecular formula is C16H16N2O2S. The number of carbonyl (C=O) groups excluding carboxylic acids is 1. The molecule has 0 saturated heterocycles. The van der Waals surface area contributed by atoms with E-state index in [2.05, 4.69) is 5.32 Å². The predicted octanol–water partition coefficient (Wildman–Crippen LogP) is 2.89. The van der Waals surface area contributed by atoms with Crippen molar-refractivity contribution in [3.63, 3.8) is 0 Å². The molecule has 21 heavy (non-hydrogen) atoms. The van der Waals surface area contributed by atoms with Crippen LogP contribution in [-0.2, 0) is 0 Å². The second-order valence-electron chi connectivity index (χ2n) is 4.52. The van der Waals surface area contributed by atoms with Crippen LogP contribution >= 0.6 is 12.2 Å². The number of nitrogens with two attached hydrogens (primary N) is 1. The van der Waals surface area contributed by atoms with Gasteiger partial charge >= 0.3 is 0 Å². The fourth-order valence-electron chi connectivity index (χ4n) is 2.12. The predicted molar refractivity (Wildman–Crippen MR) is 88.0 cm³/mol. The molecule has 0 saturated carbocycles. The number of ether oxygens (including phenoxy) is 1. The van der Waals surface area contributed by atoms with E-state index in [1.54, 1.807) is 24.3 Å². The molecule has 108 valence electrons. The number of anilines is 1. The second kappa shape index (κ2) is 6.37.